The van der Waals surface area contributed by atoms with Gasteiger partial charge in [-0.05, 0) is 0 Å². The van der Waals surface area contributed by atoms with Crippen LogP contribution in [0.3, 0.4) is 0 Å². The Hall–Kier alpha value is -0.920. The summed E-state index contributed by atoms with van der Waals surface area (Å²) < 4.78 is 23.1. The van der Waals surface area contributed by atoms with Crippen LogP contribution >= 0.6 is 0 Å². The van der Waals surface area contributed by atoms with Gasteiger partial charge in [0.2, 0.25) is 0 Å². The number of aryl methyl sites for hydroxylation is 1. The lowest BCUT2D eigenvalue weighted by atomic mass is 10.5. The number of nitrogens with zero attached hydrogens (tertiary/aromatic N) is 2. The molecule has 0 saturated heterocycles. The molecule has 1 aromatic heterocycles. The van der Waals surface area contributed by atoms with E-state index in [1.54, 1.807) is 14.1 Å². The zero-order valence-electron chi connectivity index (χ0n) is 8.40. The lowest BCUT2D eigenvalue weighted by Gasteiger charge is -2.10. The van der Waals surface area contributed by atoms with E-state index in [0.717, 1.165) is 0 Å². The summed E-state index contributed by atoms with van der Waals surface area (Å²) in [5.41, 5.74) is 0. The van der Waals surface area contributed by atoms with Crippen LogP contribution in [0.2, 0.25) is 0 Å². The zero-order chi connectivity index (χ0) is 10.8. The fourth-order valence-electron chi connectivity index (χ4n) is 0.949. The number of imidazole rings is 1. The Kier molecular flexibility index (Phi) is 3.25. The first-order valence-corrected chi connectivity index (χ1v) is 5.67. The van der Waals surface area contributed by atoms with Gasteiger partial charge in [0.1, 0.15) is 5.82 Å². The van der Waals surface area contributed by atoms with Gasteiger partial charge in [-0.2, -0.15) is 0 Å². The Morgan fingerprint density at radius 2 is 2.21 bits per heavy atom. The first kappa shape index (κ1) is 11.2. The highest BCUT2D eigenvalue weighted by molar-refractivity contribution is 7.89. The van der Waals surface area contributed by atoms with Crippen molar-refractivity contribution >= 4 is 10.0 Å². The number of sulfonamides is 1. The van der Waals surface area contributed by atoms with E-state index < -0.39 is 10.0 Å². The van der Waals surface area contributed by atoms with Gasteiger partial charge in [-0.15, -0.1) is 4.83 Å². The number of hydrazine groups is 1. The molecule has 14 heavy (non-hydrogen) atoms. The van der Waals surface area contributed by atoms with Crippen molar-refractivity contribution in [2.24, 2.45) is 0 Å². The van der Waals surface area contributed by atoms with Crippen molar-refractivity contribution in [1.29, 1.82) is 0 Å². The third-order valence-electron chi connectivity index (χ3n) is 1.53. The van der Waals surface area contributed by atoms with Crippen LogP contribution in [-0.4, -0.2) is 37.5 Å². The van der Waals surface area contributed by atoms with Gasteiger partial charge in [0, 0.05) is 20.5 Å². The number of hydrogen-bond donors (Lipinski definition) is 2. The predicted octanol–water partition coefficient (Wildman–Crippen LogP) is -0.273. The molecule has 0 bridgehead atoms. The minimum Gasteiger partial charge on any atom is -0.332 e. The van der Waals surface area contributed by atoms with Gasteiger partial charge in [-0.3, -0.25) is 0 Å². The predicted molar refractivity (Wildman–Crippen MR) is 52.0 cm³/mol. The average molecular weight is 218 g/mol. The summed E-state index contributed by atoms with van der Waals surface area (Å²) in [6.07, 6.45) is 1.99. The van der Waals surface area contributed by atoms with E-state index in [1.165, 1.54) is 11.2 Å². The highest BCUT2D eigenvalue weighted by atomic mass is 32.2. The van der Waals surface area contributed by atoms with Gasteiger partial charge >= 0.3 is 0 Å². The van der Waals surface area contributed by atoms with Gasteiger partial charge < -0.3 is 4.98 Å². The Morgan fingerprint density at radius 1 is 1.57 bits per heavy atom. The topological polar surface area (TPSA) is 78.1 Å². The van der Waals surface area contributed by atoms with Crippen molar-refractivity contribution in [1.82, 2.24) is 19.8 Å². The van der Waals surface area contributed by atoms with Crippen molar-refractivity contribution in [3.63, 3.8) is 0 Å². The molecule has 0 fully saturated rings. The fourth-order valence-corrected chi connectivity index (χ4v) is 1.97. The van der Waals surface area contributed by atoms with E-state index in [1.807, 2.05) is 6.92 Å². The lowest BCUT2D eigenvalue weighted by Crippen LogP contribution is -2.36. The molecule has 0 radical (unpaired) electrons. The van der Waals surface area contributed by atoms with Crippen molar-refractivity contribution in [2.45, 2.75) is 18.4 Å². The number of aromatic nitrogens is 2. The Labute approximate surface area is 83.4 Å². The molecule has 0 aliphatic heterocycles. The average Bonchev–Trinajstić information content (AvgIpc) is 2.49. The van der Waals surface area contributed by atoms with Crippen LogP contribution in [0.1, 0.15) is 12.7 Å². The summed E-state index contributed by atoms with van der Waals surface area (Å²) in [7, 11) is -0.279. The Balaban J connectivity index is 2.93. The second-order valence-corrected chi connectivity index (χ2v) is 4.67. The summed E-state index contributed by atoms with van der Waals surface area (Å²) in [6.45, 7) is 1.90. The second kappa shape index (κ2) is 4.07. The van der Waals surface area contributed by atoms with Crippen molar-refractivity contribution < 1.29 is 8.42 Å². The molecule has 0 unspecified atom stereocenters. The standard InChI is InChI=1S/C7H14N4O2S/c1-4-6-8-5-7(9-6)14(12,13)10-11(2)3/h5,10H,4H2,1-3H3,(H,8,9). The Bertz CT molecular complexity index is 396. The van der Waals surface area contributed by atoms with E-state index in [2.05, 4.69) is 14.8 Å². The Morgan fingerprint density at radius 3 is 2.64 bits per heavy atom. The van der Waals surface area contributed by atoms with Crippen molar-refractivity contribution in [3.05, 3.63) is 12.0 Å². The smallest absolute Gasteiger partial charge is 0.270 e. The van der Waals surface area contributed by atoms with Gasteiger partial charge in [0.15, 0.2) is 5.03 Å². The minimum atomic E-state index is -3.49. The van der Waals surface area contributed by atoms with E-state index in [4.69, 9.17) is 0 Å². The summed E-state index contributed by atoms with van der Waals surface area (Å²) >= 11 is 0. The maximum atomic E-state index is 11.5. The van der Waals surface area contributed by atoms with Crippen LogP contribution in [0.25, 0.3) is 0 Å². The summed E-state index contributed by atoms with van der Waals surface area (Å²) in [5.74, 6) is 0.657. The molecule has 1 heterocycles. The lowest BCUT2D eigenvalue weighted by molar-refractivity contribution is 0.363. The molecule has 7 heteroatoms. The maximum absolute atomic E-state index is 11.5. The first-order chi connectivity index (χ1) is 6.45. The van der Waals surface area contributed by atoms with Crippen LogP contribution in [-0.2, 0) is 16.4 Å². The van der Waals surface area contributed by atoms with Crippen LogP contribution < -0.4 is 4.83 Å². The third kappa shape index (κ3) is 2.53. The quantitative estimate of drug-likeness (QED) is 0.682. The number of aromatic amines is 1. The molecule has 0 saturated carbocycles. The van der Waals surface area contributed by atoms with Crippen LogP contribution in [0.5, 0.6) is 0 Å². The molecular weight excluding hydrogens is 204 g/mol. The van der Waals surface area contributed by atoms with Crippen LogP contribution in [0.15, 0.2) is 11.2 Å². The van der Waals surface area contributed by atoms with E-state index >= 15 is 0 Å². The van der Waals surface area contributed by atoms with Crippen LogP contribution in [0, 0.1) is 0 Å². The molecule has 0 atom stereocenters. The summed E-state index contributed by atoms with van der Waals surface area (Å²) in [5, 5.41) is 1.45. The van der Waals surface area contributed by atoms with Crippen LogP contribution in [0.4, 0.5) is 0 Å². The van der Waals surface area contributed by atoms with E-state index in [-0.39, 0.29) is 5.03 Å². The molecule has 1 aromatic rings. The monoisotopic (exact) mass is 218 g/mol. The maximum Gasteiger partial charge on any atom is 0.270 e. The van der Waals surface area contributed by atoms with Gasteiger partial charge in [-0.1, -0.05) is 6.92 Å². The van der Waals surface area contributed by atoms with Gasteiger partial charge in [0.05, 0.1) is 6.20 Å². The number of hydrogen-bond acceptors (Lipinski definition) is 4. The van der Waals surface area contributed by atoms with Crippen molar-refractivity contribution in [3.8, 4) is 0 Å². The van der Waals surface area contributed by atoms with Gasteiger partial charge in [0.25, 0.3) is 10.0 Å². The first-order valence-electron chi connectivity index (χ1n) is 4.19. The molecule has 2 N–H and O–H groups in total. The third-order valence-corrected chi connectivity index (χ3v) is 2.92. The molecule has 0 amide bonds. The highest BCUT2D eigenvalue weighted by Gasteiger charge is 2.17. The fraction of sp³-hybridized carbons (Fsp3) is 0.571. The van der Waals surface area contributed by atoms with Crippen molar-refractivity contribution in [2.75, 3.05) is 14.1 Å². The molecular formula is C7H14N4O2S. The zero-order valence-corrected chi connectivity index (χ0v) is 9.22. The number of rotatable bonds is 4. The number of H-pyrrole nitrogens is 1. The molecule has 0 aliphatic rings. The molecule has 80 valence electrons. The summed E-state index contributed by atoms with van der Waals surface area (Å²) in [6, 6.07) is 0. The molecule has 6 nitrogen and oxygen atoms in total. The van der Waals surface area contributed by atoms with E-state index in [9.17, 15) is 8.42 Å². The van der Waals surface area contributed by atoms with E-state index in [0.29, 0.717) is 12.2 Å². The molecule has 0 spiro atoms. The SMILES string of the molecule is CCc1ncc(S(=O)(=O)NN(C)C)[nH]1. The van der Waals surface area contributed by atoms with Gasteiger partial charge in [-0.25, -0.2) is 18.4 Å². The second-order valence-electron chi connectivity index (χ2n) is 3.04. The molecule has 1 rings (SSSR count). The highest BCUT2D eigenvalue weighted by Crippen LogP contribution is 2.05. The number of nitrogens with one attached hydrogen (secondary N) is 2. The minimum absolute atomic E-state index is 0.0862. The molecule has 0 aliphatic carbocycles. The summed E-state index contributed by atoms with van der Waals surface area (Å²) in [4.78, 5) is 8.94. The largest absolute Gasteiger partial charge is 0.332 e. The normalized spacial score (nSPS) is 12.3. The molecule has 0 aromatic carbocycles.